The van der Waals surface area contributed by atoms with Gasteiger partial charge >= 0.3 is 0 Å². The summed E-state index contributed by atoms with van der Waals surface area (Å²) in [5.74, 6) is 0.106. The molecule has 2 aromatic rings. The highest BCUT2D eigenvalue weighted by Crippen LogP contribution is 2.18. The molecule has 0 bridgehead atoms. The molecule has 1 aromatic heterocycles. The zero-order chi connectivity index (χ0) is 14.2. The van der Waals surface area contributed by atoms with Crippen LogP contribution in [0.2, 0.25) is 0 Å². The Balaban J connectivity index is 1.67. The van der Waals surface area contributed by atoms with Gasteiger partial charge in [0.05, 0.1) is 17.9 Å². The van der Waals surface area contributed by atoms with Gasteiger partial charge in [0.15, 0.2) is 9.84 Å². The lowest BCUT2D eigenvalue weighted by Gasteiger charge is -2.10. The number of carbonyl (C=O) groups is 1. The van der Waals surface area contributed by atoms with Crippen molar-refractivity contribution in [2.45, 2.75) is 18.9 Å². The number of nitrogens with one attached hydrogen (secondary N) is 2. The lowest BCUT2D eigenvalue weighted by molar-refractivity contribution is -0.120. The van der Waals surface area contributed by atoms with Crippen molar-refractivity contribution in [1.82, 2.24) is 10.3 Å². The second-order valence-corrected chi connectivity index (χ2v) is 7.43. The zero-order valence-electron chi connectivity index (χ0n) is 10.9. The van der Waals surface area contributed by atoms with Gasteiger partial charge in [-0.3, -0.25) is 4.79 Å². The zero-order valence-corrected chi connectivity index (χ0v) is 11.7. The summed E-state index contributed by atoms with van der Waals surface area (Å²) < 4.78 is 22.7. The molecule has 20 heavy (non-hydrogen) atoms. The van der Waals surface area contributed by atoms with Gasteiger partial charge in [-0.25, -0.2) is 8.42 Å². The number of amides is 1. The van der Waals surface area contributed by atoms with Crippen LogP contribution in [0.5, 0.6) is 0 Å². The number of carbonyl (C=O) groups excluding carboxylic acids is 1. The smallest absolute Gasteiger partial charge is 0.224 e. The summed E-state index contributed by atoms with van der Waals surface area (Å²) in [6.45, 7) is 0. The molecule has 0 spiro atoms. The summed E-state index contributed by atoms with van der Waals surface area (Å²) in [6, 6.07) is 7.56. The van der Waals surface area contributed by atoms with Crippen molar-refractivity contribution in [2.24, 2.45) is 0 Å². The van der Waals surface area contributed by atoms with Crippen molar-refractivity contribution in [3.63, 3.8) is 0 Å². The largest absolute Gasteiger partial charge is 0.361 e. The average molecular weight is 292 g/mol. The SMILES string of the molecule is O=C(Cc1c[nH]c2ccccc12)N[C@@H]1CCS(=O)(=O)C1. The molecular weight excluding hydrogens is 276 g/mol. The number of H-pyrrole nitrogens is 1. The van der Waals surface area contributed by atoms with Crippen LogP contribution in [0.1, 0.15) is 12.0 Å². The fraction of sp³-hybridized carbons (Fsp3) is 0.357. The Morgan fingerprint density at radius 3 is 2.90 bits per heavy atom. The summed E-state index contributed by atoms with van der Waals surface area (Å²) in [6.07, 6.45) is 2.61. The lowest BCUT2D eigenvalue weighted by atomic mass is 10.1. The number of aromatic nitrogens is 1. The topological polar surface area (TPSA) is 79.0 Å². The molecule has 1 amide bonds. The molecule has 0 saturated carbocycles. The van der Waals surface area contributed by atoms with E-state index in [1.54, 1.807) is 0 Å². The molecule has 0 aliphatic carbocycles. The molecule has 6 heteroatoms. The molecule has 3 rings (SSSR count). The van der Waals surface area contributed by atoms with Gasteiger partial charge in [-0.05, 0) is 18.1 Å². The van der Waals surface area contributed by atoms with Gasteiger partial charge in [-0.1, -0.05) is 18.2 Å². The van der Waals surface area contributed by atoms with Crippen molar-refractivity contribution in [1.29, 1.82) is 0 Å². The Morgan fingerprint density at radius 1 is 1.35 bits per heavy atom. The number of rotatable bonds is 3. The van der Waals surface area contributed by atoms with Crippen molar-refractivity contribution in [3.8, 4) is 0 Å². The molecule has 1 aromatic carbocycles. The molecule has 106 valence electrons. The van der Waals surface area contributed by atoms with Gasteiger partial charge in [0, 0.05) is 23.1 Å². The highest BCUT2D eigenvalue weighted by molar-refractivity contribution is 7.91. The van der Waals surface area contributed by atoms with Gasteiger partial charge in [0.1, 0.15) is 0 Å². The van der Waals surface area contributed by atoms with E-state index in [9.17, 15) is 13.2 Å². The maximum atomic E-state index is 12.0. The third-order valence-electron chi connectivity index (χ3n) is 3.62. The van der Waals surface area contributed by atoms with E-state index in [0.717, 1.165) is 16.5 Å². The standard InChI is InChI=1S/C14H16N2O3S/c17-14(16-11-5-6-20(18,19)9-11)7-10-8-15-13-4-2-1-3-12(10)13/h1-4,8,11,15H,5-7,9H2,(H,16,17)/t11-/m1/s1. The van der Waals surface area contributed by atoms with Crippen LogP contribution in [0, 0.1) is 0 Å². The number of aromatic amines is 1. The highest BCUT2D eigenvalue weighted by Gasteiger charge is 2.28. The number of hydrogen-bond acceptors (Lipinski definition) is 3. The van der Waals surface area contributed by atoms with Crippen LogP contribution >= 0.6 is 0 Å². The maximum absolute atomic E-state index is 12.0. The summed E-state index contributed by atoms with van der Waals surface area (Å²) in [5, 5.41) is 3.83. The third-order valence-corrected chi connectivity index (χ3v) is 5.39. The van der Waals surface area contributed by atoms with Crippen LogP contribution in [-0.2, 0) is 21.1 Å². The Hall–Kier alpha value is -1.82. The first-order valence-corrected chi connectivity index (χ1v) is 8.40. The quantitative estimate of drug-likeness (QED) is 0.886. The van der Waals surface area contributed by atoms with Crippen LogP contribution in [0.4, 0.5) is 0 Å². The van der Waals surface area contributed by atoms with Crippen LogP contribution < -0.4 is 5.32 Å². The minimum atomic E-state index is -2.96. The van der Waals surface area contributed by atoms with Gasteiger partial charge in [-0.2, -0.15) is 0 Å². The normalized spacial score (nSPS) is 21.1. The summed E-state index contributed by atoms with van der Waals surface area (Å²) in [5.41, 5.74) is 1.93. The molecule has 1 fully saturated rings. The van der Waals surface area contributed by atoms with E-state index < -0.39 is 9.84 Å². The number of hydrogen-bond donors (Lipinski definition) is 2. The van der Waals surface area contributed by atoms with Gasteiger partial charge in [-0.15, -0.1) is 0 Å². The first-order chi connectivity index (χ1) is 9.53. The molecule has 1 saturated heterocycles. The van der Waals surface area contributed by atoms with E-state index in [-0.39, 0.29) is 29.9 Å². The van der Waals surface area contributed by atoms with Crippen molar-refractivity contribution < 1.29 is 13.2 Å². The first kappa shape index (κ1) is 13.2. The molecule has 1 atom stereocenters. The molecule has 2 heterocycles. The Morgan fingerprint density at radius 2 is 2.15 bits per heavy atom. The van der Waals surface area contributed by atoms with Gasteiger partial charge < -0.3 is 10.3 Å². The molecular formula is C14H16N2O3S. The van der Waals surface area contributed by atoms with Crippen LogP contribution in [0.15, 0.2) is 30.5 Å². The van der Waals surface area contributed by atoms with Crippen molar-refractivity contribution in [2.75, 3.05) is 11.5 Å². The Bertz CT molecular complexity index is 749. The predicted octanol–water partition coefficient (Wildman–Crippen LogP) is 1.01. The number of para-hydroxylation sites is 1. The first-order valence-electron chi connectivity index (χ1n) is 6.58. The third kappa shape index (κ3) is 2.70. The minimum Gasteiger partial charge on any atom is -0.361 e. The summed E-state index contributed by atoms with van der Waals surface area (Å²) in [4.78, 5) is 15.1. The van der Waals surface area contributed by atoms with Gasteiger partial charge in [0.25, 0.3) is 0 Å². The summed E-state index contributed by atoms with van der Waals surface area (Å²) >= 11 is 0. The van der Waals surface area contributed by atoms with Crippen LogP contribution in [0.25, 0.3) is 10.9 Å². The summed E-state index contributed by atoms with van der Waals surface area (Å²) in [7, 11) is -2.96. The monoisotopic (exact) mass is 292 g/mol. The number of benzene rings is 1. The molecule has 5 nitrogen and oxygen atoms in total. The average Bonchev–Trinajstić information content (AvgIpc) is 2.94. The van der Waals surface area contributed by atoms with E-state index in [1.807, 2.05) is 30.5 Å². The van der Waals surface area contributed by atoms with E-state index in [4.69, 9.17) is 0 Å². The minimum absolute atomic E-state index is 0.0621. The van der Waals surface area contributed by atoms with E-state index in [2.05, 4.69) is 10.3 Å². The van der Waals surface area contributed by atoms with E-state index in [0.29, 0.717) is 6.42 Å². The molecule has 0 unspecified atom stereocenters. The molecule has 2 N–H and O–H groups in total. The highest BCUT2D eigenvalue weighted by atomic mass is 32.2. The second-order valence-electron chi connectivity index (χ2n) is 5.20. The molecule has 1 aliphatic rings. The Kier molecular flexibility index (Phi) is 3.25. The van der Waals surface area contributed by atoms with Crippen molar-refractivity contribution in [3.05, 3.63) is 36.0 Å². The fourth-order valence-electron chi connectivity index (χ4n) is 2.64. The number of fused-ring (bicyclic) bond motifs is 1. The predicted molar refractivity (Wildman–Crippen MR) is 77.2 cm³/mol. The van der Waals surface area contributed by atoms with E-state index >= 15 is 0 Å². The van der Waals surface area contributed by atoms with Crippen LogP contribution in [-0.4, -0.2) is 36.9 Å². The lowest BCUT2D eigenvalue weighted by Crippen LogP contribution is -2.36. The number of sulfone groups is 1. The second kappa shape index (κ2) is 4.94. The van der Waals surface area contributed by atoms with Gasteiger partial charge in [0.2, 0.25) is 5.91 Å². The van der Waals surface area contributed by atoms with E-state index in [1.165, 1.54) is 0 Å². The van der Waals surface area contributed by atoms with Crippen molar-refractivity contribution >= 4 is 26.6 Å². The Labute approximate surface area is 117 Å². The molecule has 0 radical (unpaired) electrons. The fourth-order valence-corrected chi connectivity index (χ4v) is 4.31. The molecule has 1 aliphatic heterocycles. The maximum Gasteiger partial charge on any atom is 0.224 e. The van der Waals surface area contributed by atoms with Crippen LogP contribution in [0.3, 0.4) is 0 Å².